The van der Waals surface area contributed by atoms with Gasteiger partial charge in [-0.05, 0) is 61.5 Å². The summed E-state index contributed by atoms with van der Waals surface area (Å²) in [6.45, 7) is 5.02. The summed E-state index contributed by atoms with van der Waals surface area (Å²) in [6, 6.07) is 14.0. The Kier molecular flexibility index (Phi) is 5.21. The van der Waals surface area contributed by atoms with E-state index in [0.29, 0.717) is 5.11 Å². The first-order valence-electron chi connectivity index (χ1n) is 6.79. The van der Waals surface area contributed by atoms with E-state index in [1.54, 1.807) is 0 Å². The first-order chi connectivity index (χ1) is 9.95. The summed E-state index contributed by atoms with van der Waals surface area (Å²) in [5, 5.41) is 4.63. The smallest absolute Gasteiger partial charge is 0.173 e. The molecule has 0 unspecified atom stereocenters. The van der Waals surface area contributed by atoms with Gasteiger partial charge in [-0.25, -0.2) is 0 Å². The molecular formula is C17H19ClN2S. The van der Waals surface area contributed by atoms with Gasteiger partial charge in [-0.3, -0.25) is 0 Å². The van der Waals surface area contributed by atoms with E-state index in [4.69, 9.17) is 23.8 Å². The van der Waals surface area contributed by atoms with E-state index in [9.17, 15) is 0 Å². The van der Waals surface area contributed by atoms with Crippen LogP contribution in [0.15, 0.2) is 42.5 Å². The fourth-order valence-electron chi connectivity index (χ4n) is 2.10. The molecule has 0 fully saturated rings. The van der Waals surface area contributed by atoms with Crippen LogP contribution in [0, 0.1) is 13.8 Å². The van der Waals surface area contributed by atoms with Crippen LogP contribution in [0.2, 0.25) is 5.02 Å². The molecule has 2 aromatic carbocycles. The number of anilines is 1. The lowest BCUT2D eigenvalue weighted by Gasteiger charge is -2.22. The van der Waals surface area contributed by atoms with Crippen molar-refractivity contribution in [2.45, 2.75) is 20.4 Å². The van der Waals surface area contributed by atoms with Crippen molar-refractivity contribution < 1.29 is 0 Å². The second kappa shape index (κ2) is 6.92. The summed E-state index contributed by atoms with van der Waals surface area (Å²) in [4.78, 5) is 2.03. The van der Waals surface area contributed by atoms with Gasteiger partial charge < -0.3 is 10.2 Å². The van der Waals surface area contributed by atoms with Crippen LogP contribution in [0.5, 0.6) is 0 Å². The highest BCUT2D eigenvalue weighted by atomic mass is 35.5. The highest BCUT2D eigenvalue weighted by Gasteiger charge is 2.07. The van der Waals surface area contributed by atoms with Crippen molar-refractivity contribution in [1.82, 2.24) is 4.90 Å². The lowest BCUT2D eigenvalue weighted by molar-refractivity contribution is 0.507. The molecule has 0 saturated heterocycles. The van der Waals surface area contributed by atoms with Crippen LogP contribution in [-0.2, 0) is 6.54 Å². The van der Waals surface area contributed by atoms with Gasteiger partial charge >= 0.3 is 0 Å². The molecule has 110 valence electrons. The molecule has 0 heterocycles. The van der Waals surface area contributed by atoms with Gasteiger partial charge in [0.1, 0.15) is 0 Å². The van der Waals surface area contributed by atoms with Gasteiger partial charge in [0.25, 0.3) is 0 Å². The van der Waals surface area contributed by atoms with Crippen LogP contribution in [0.3, 0.4) is 0 Å². The summed E-state index contributed by atoms with van der Waals surface area (Å²) in [5.74, 6) is 0. The Morgan fingerprint density at radius 1 is 1.14 bits per heavy atom. The summed E-state index contributed by atoms with van der Waals surface area (Å²) < 4.78 is 0. The summed E-state index contributed by atoms with van der Waals surface area (Å²) in [6.07, 6.45) is 0. The van der Waals surface area contributed by atoms with Crippen molar-refractivity contribution in [3.05, 3.63) is 64.2 Å². The number of rotatable bonds is 3. The second-order valence-corrected chi connectivity index (χ2v) is 6.05. The molecule has 0 saturated carbocycles. The summed E-state index contributed by atoms with van der Waals surface area (Å²) in [7, 11) is 1.99. The second-order valence-electron chi connectivity index (χ2n) is 5.22. The molecule has 2 nitrogen and oxygen atoms in total. The van der Waals surface area contributed by atoms with E-state index in [-0.39, 0.29) is 0 Å². The van der Waals surface area contributed by atoms with Gasteiger partial charge in [0, 0.05) is 24.3 Å². The zero-order chi connectivity index (χ0) is 15.4. The van der Waals surface area contributed by atoms with Crippen LogP contribution in [0.25, 0.3) is 0 Å². The van der Waals surface area contributed by atoms with E-state index in [1.807, 2.05) is 36.2 Å². The maximum atomic E-state index is 5.88. The zero-order valence-corrected chi connectivity index (χ0v) is 14.1. The lowest BCUT2D eigenvalue weighted by atomic mass is 10.1. The Balaban J connectivity index is 2.00. The topological polar surface area (TPSA) is 15.3 Å². The molecule has 0 atom stereocenters. The highest BCUT2D eigenvalue weighted by molar-refractivity contribution is 7.80. The molecule has 21 heavy (non-hydrogen) atoms. The third kappa shape index (κ3) is 4.45. The first kappa shape index (κ1) is 15.8. The highest BCUT2D eigenvalue weighted by Crippen LogP contribution is 2.16. The number of hydrogen-bond donors (Lipinski definition) is 1. The van der Waals surface area contributed by atoms with Crippen LogP contribution in [-0.4, -0.2) is 17.1 Å². The van der Waals surface area contributed by atoms with E-state index < -0.39 is 0 Å². The average Bonchev–Trinajstić information content (AvgIpc) is 2.44. The zero-order valence-electron chi connectivity index (χ0n) is 12.5. The molecule has 0 aliphatic carbocycles. The minimum absolute atomic E-state index is 0.692. The average molecular weight is 319 g/mol. The number of hydrogen-bond acceptors (Lipinski definition) is 1. The van der Waals surface area contributed by atoms with E-state index >= 15 is 0 Å². The fraction of sp³-hybridized carbons (Fsp3) is 0.235. The van der Waals surface area contributed by atoms with E-state index in [1.165, 1.54) is 16.7 Å². The van der Waals surface area contributed by atoms with Crippen molar-refractivity contribution in [1.29, 1.82) is 0 Å². The molecule has 0 aromatic heterocycles. The predicted octanol–water partition coefficient (Wildman–Crippen LogP) is 4.79. The molecule has 0 aliphatic rings. The van der Waals surface area contributed by atoms with Crippen LogP contribution < -0.4 is 5.32 Å². The Labute approximate surface area is 136 Å². The molecule has 0 bridgehead atoms. The number of nitrogens with zero attached hydrogens (tertiary/aromatic N) is 1. The van der Waals surface area contributed by atoms with Gasteiger partial charge in [-0.15, -0.1) is 0 Å². The number of halogens is 1. The van der Waals surface area contributed by atoms with E-state index in [0.717, 1.165) is 17.3 Å². The quantitative estimate of drug-likeness (QED) is 0.819. The molecule has 4 heteroatoms. The van der Waals surface area contributed by atoms with Crippen molar-refractivity contribution in [3.8, 4) is 0 Å². The molecule has 0 aliphatic heterocycles. The van der Waals surface area contributed by atoms with Gasteiger partial charge in [0.2, 0.25) is 0 Å². The summed E-state index contributed by atoms with van der Waals surface area (Å²) in [5.41, 5.74) is 4.79. The maximum Gasteiger partial charge on any atom is 0.173 e. The largest absolute Gasteiger partial charge is 0.348 e. The third-order valence-electron chi connectivity index (χ3n) is 3.35. The Hall–Kier alpha value is -1.58. The van der Waals surface area contributed by atoms with Gasteiger partial charge in [-0.2, -0.15) is 0 Å². The third-order valence-corrected chi connectivity index (χ3v) is 4.01. The minimum atomic E-state index is 0.692. The lowest BCUT2D eigenvalue weighted by Crippen LogP contribution is -2.30. The number of aryl methyl sites for hydroxylation is 2. The van der Waals surface area contributed by atoms with Crippen LogP contribution >= 0.6 is 23.8 Å². The number of benzene rings is 2. The SMILES string of the molecule is Cc1ccc(CN(C)C(=S)Nc2ccc(Cl)cc2)c(C)c1. The van der Waals surface area contributed by atoms with Gasteiger partial charge in [0.15, 0.2) is 5.11 Å². The van der Waals surface area contributed by atoms with Crippen molar-refractivity contribution in [2.24, 2.45) is 0 Å². The van der Waals surface area contributed by atoms with Crippen LogP contribution in [0.1, 0.15) is 16.7 Å². The maximum absolute atomic E-state index is 5.88. The van der Waals surface area contributed by atoms with Crippen molar-refractivity contribution in [3.63, 3.8) is 0 Å². The van der Waals surface area contributed by atoms with Crippen LogP contribution in [0.4, 0.5) is 5.69 Å². The van der Waals surface area contributed by atoms with Gasteiger partial charge in [-0.1, -0.05) is 35.4 Å². The van der Waals surface area contributed by atoms with Crippen molar-refractivity contribution in [2.75, 3.05) is 12.4 Å². The predicted molar refractivity (Wildman–Crippen MR) is 95.1 cm³/mol. The molecule has 0 spiro atoms. The molecular weight excluding hydrogens is 300 g/mol. The van der Waals surface area contributed by atoms with Crippen molar-refractivity contribution >= 4 is 34.6 Å². The normalized spacial score (nSPS) is 10.3. The molecule has 2 rings (SSSR count). The first-order valence-corrected chi connectivity index (χ1v) is 7.58. The minimum Gasteiger partial charge on any atom is -0.348 e. The van der Waals surface area contributed by atoms with Gasteiger partial charge in [0.05, 0.1) is 0 Å². The standard InChI is InChI=1S/C17H19ClN2S/c1-12-4-5-14(13(2)10-12)11-20(3)17(21)19-16-8-6-15(18)7-9-16/h4-10H,11H2,1-3H3,(H,19,21). The molecule has 0 amide bonds. The molecule has 1 N–H and O–H groups in total. The summed E-state index contributed by atoms with van der Waals surface area (Å²) >= 11 is 11.3. The van der Waals surface area contributed by atoms with E-state index in [2.05, 4.69) is 37.4 Å². The Morgan fingerprint density at radius 2 is 1.81 bits per heavy atom. The fourth-order valence-corrected chi connectivity index (χ4v) is 2.41. The number of nitrogens with one attached hydrogen (secondary N) is 1. The Bertz CT molecular complexity index is 638. The number of thiocarbonyl (C=S) groups is 1. The molecule has 0 radical (unpaired) electrons. The molecule has 2 aromatic rings. The Morgan fingerprint density at radius 3 is 2.43 bits per heavy atom. The monoisotopic (exact) mass is 318 g/mol.